The first-order valence-electron chi connectivity index (χ1n) is 34.6. The molecular weight excluding hydrogens is 935 g/mol. The number of ether oxygens (including phenoxy) is 1. The number of aliphatic hydroxyl groups excluding tert-OH is 2. The standard InChI is InChI=1S/C70H135NO5/c1-3-5-7-9-11-13-43-48-52-56-60-64-70(75)76-65-61-57-53-49-45-42-40-38-36-34-32-30-28-26-24-22-20-18-16-14-15-17-19-21-23-25-27-29-31-33-35-37-39-41-44-47-51-55-59-63-69(74)71-67(66-72)68(73)62-58-54-50-46-12-10-8-6-4-2/h9,11,14-15,67-68,72-73H,3-8,10,12-13,16-66H2,1-2H3,(H,71,74)/b11-9-,15-14-. The molecule has 0 saturated carbocycles. The molecule has 2 unspecified atom stereocenters. The minimum atomic E-state index is -0.658. The number of aliphatic hydroxyl groups is 2. The molecule has 3 N–H and O–H groups in total. The van der Waals surface area contributed by atoms with Gasteiger partial charge in [-0.2, -0.15) is 0 Å². The van der Waals surface area contributed by atoms with E-state index in [0.717, 1.165) is 44.9 Å². The first-order valence-corrected chi connectivity index (χ1v) is 34.6. The zero-order valence-electron chi connectivity index (χ0n) is 51.5. The molecule has 0 rings (SSSR count). The third kappa shape index (κ3) is 61.6. The lowest BCUT2D eigenvalue weighted by Crippen LogP contribution is -2.45. The predicted octanol–water partition coefficient (Wildman–Crippen LogP) is 22.1. The van der Waals surface area contributed by atoms with Gasteiger partial charge in [0, 0.05) is 12.8 Å². The summed E-state index contributed by atoms with van der Waals surface area (Å²) in [5, 5.41) is 23.1. The summed E-state index contributed by atoms with van der Waals surface area (Å²) in [7, 11) is 0. The van der Waals surface area contributed by atoms with Crippen LogP contribution in [-0.2, 0) is 14.3 Å². The molecular formula is C70H135NO5. The molecule has 0 aliphatic heterocycles. The van der Waals surface area contributed by atoms with Gasteiger partial charge in [-0.25, -0.2) is 0 Å². The van der Waals surface area contributed by atoms with E-state index in [2.05, 4.69) is 43.5 Å². The molecule has 450 valence electrons. The van der Waals surface area contributed by atoms with Crippen molar-refractivity contribution in [2.75, 3.05) is 13.2 Å². The molecule has 0 aliphatic rings. The molecule has 0 aromatic rings. The fraction of sp³-hybridized carbons (Fsp3) is 0.914. The predicted molar refractivity (Wildman–Crippen MR) is 333 cm³/mol. The number of amides is 1. The lowest BCUT2D eigenvalue weighted by Gasteiger charge is -2.22. The molecule has 0 aromatic carbocycles. The second kappa shape index (κ2) is 65.9. The maximum atomic E-state index is 12.4. The molecule has 0 fully saturated rings. The second-order valence-electron chi connectivity index (χ2n) is 23.9. The quantitative estimate of drug-likeness (QED) is 0.0320. The Hall–Kier alpha value is -1.66. The van der Waals surface area contributed by atoms with E-state index in [0.29, 0.717) is 25.9 Å². The Morgan fingerprint density at radius 3 is 0.974 bits per heavy atom. The molecule has 0 heterocycles. The summed E-state index contributed by atoms with van der Waals surface area (Å²) < 4.78 is 5.47. The maximum Gasteiger partial charge on any atom is 0.305 e. The van der Waals surface area contributed by atoms with Gasteiger partial charge in [0.05, 0.1) is 25.4 Å². The van der Waals surface area contributed by atoms with Gasteiger partial charge < -0.3 is 20.3 Å². The molecule has 6 heteroatoms. The normalized spacial score (nSPS) is 12.6. The minimum absolute atomic E-state index is 0.0115. The number of allylic oxidation sites excluding steroid dienone is 4. The smallest absolute Gasteiger partial charge is 0.305 e. The molecule has 76 heavy (non-hydrogen) atoms. The van der Waals surface area contributed by atoms with Crippen LogP contribution in [0.5, 0.6) is 0 Å². The molecule has 0 spiro atoms. The van der Waals surface area contributed by atoms with E-state index in [4.69, 9.17) is 4.74 Å². The number of unbranched alkanes of at least 4 members (excludes halogenated alkanes) is 50. The van der Waals surface area contributed by atoms with Crippen molar-refractivity contribution in [2.24, 2.45) is 0 Å². The van der Waals surface area contributed by atoms with E-state index in [-0.39, 0.29) is 18.5 Å². The Morgan fingerprint density at radius 1 is 0.355 bits per heavy atom. The third-order valence-electron chi connectivity index (χ3n) is 16.2. The van der Waals surface area contributed by atoms with Gasteiger partial charge in [0.25, 0.3) is 0 Å². The van der Waals surface area contributed by atoms with Gasteiger partial charge in [-0.3, -0.25) is 9.59 Å². The zero-order chi connectivity index (χ0) is 55.0. The highest BCUT2D eigenvalue weighted by atomic mass is 16.5. The highest BCUT2D eigenvalue weighted by Gasteiger charge is 2.20. The Balaban J connectivity index is 3.29. The van der Waals surface area contributed by atoms with Gasteiger partial charge >= 0.3 is 5.97 Å². The van der Waals surface area contributed by atoms with Crippen LogP contribution in [0.1, 0.15) is 386 Å². The minimum Gasteiger partial charge on any atom is -0.466 e. The first-order chi connectivity index (χ1) is 37.5. The number of nitrogens with one attached hydrogen (secondary N) is 1. The summed E-state index contributed by atoms with van der Waals surface area (Å²) in [5.74, 6) is -0.0198. The topological polar surface area (TPSA) is 95.9 Å². The van der Waals surface area contributed by atoms with Gasteiger partial charge in [-0.05, 0) is 70.6 Å². The van der Waals surface area contributed by atoms with E-state index in [9.17, 15) is 19.8 Å². The van der Waals surface area contributed by atoms with Crippen molar-refractivity contribution in [2.45, 2.75) is 398 Å². The Labute approximate surface area is 475 Å². The van der Waals surface area contributed by atoms with Crippen LogP contribution in [0.25, 0.3) is 0 Å². The average molecular weight is 1070 g/mol. The van der Waals surface area contributed by atoms with Gasteiger partial charge in [0.2, 0.25) is 5.91 Å². The molecule has 2 atom stereocenters. The molecule has 0 aliphatic carbocycles. The number of carbonyl (C=O) groups excluding carboxylic acids is 2. The highest BCUT2D eigenvalue weighted by molar-refractivity contribution is 5.76. The Morgan fingerprint density at radius 2 is 0.632 bits per heavy atom. The van der Waals surface area contributed by atoms with Crippen LogP contribution in [0.4, 0.5) is 0 Å². The number of hydrogen-bond acceptors (Lipinski definition) is 5. The Kier molecular flexibility index (Phi) is 64.4. The fourth-order valence-corrected chi connectivity index (χ4v) is 10.9. The van der Waals surface area contributed by atoms with Crippen LogP contribution in [0, 0.1) is 0 Å². The fourth-order valence-electron chi connectivity index (χ4n) is 10.9. The number of carbonyl (C=O) groups is 2. The summed E-state index contributed by atoms with van der Waals surface area (Å²) in [6.45, 7) is 4.92. The summed E-state index contributed by atoms with van der Waals surface area (Å²) in [5.41, 5.74) is 0. The molecule has 0 saturated heterocycles. The lowest BCUT2D eigenvalue weighted by atomic mass is 10.0. The van der Waals surface area contributed by atoms with Crippen LogP contribution in [-0.4, -0.2) is 47.4 Å². The average Bonchev–Trinajstić information content (AvgIpc) is 3.42. The summed E-state index contributed by atoms with van der Waals surface area (Å²) >= 11 is 0. The molecule has 0 bridgehead atoms. The monoisotopic (exact) mass is 1070 g/mol. The van der Waals surface area contributed by atoms with Crippen LogP contribution < -0.4 is 5.32 Å². The van der Waals surface area contributed by atoms with E-state index in [1.807, 2.05) is 0 Å². The summed E-state index contributed by atoms with van der Waals surface area (Å²) in [4.78, 5) is 24.4. The lowest BCUT2D eigenvalue weighted by molar-refractivity contribution is -0.143. The van der Waals surface area contributed by atoms with Crippen LogP contribution in [0.2, 0.25) is 0 Å². The molecule has 0 aromatic heterocycles. The van der Waals surface area contributed by atoms with Gasteiger partial charge in [-0.1, -0.05) is 327 Å². The van der Waals surface area contributed by atoms with Crippen LogP contribution >= 0.6 is 0 Å². The number of hydrogen-bond donors (Lipinski definition) is 3. The summed E-state index contributed by atoms with van der Waals surface area (Å²) in [6, 6.07) is -0.535. The number of rotatable bonds is 65. The molecule has 6 nitrogen and oxygen atoms in total. The number of esters is 1. The summed E-state index contributed by atoms with van der Waals surface area (Å²) in [6.07, 6.45) is 82.6. The SMILES string of the molecule is CCCC/C=C\CCCCCCCC(=O)OCCCCCCCCCCCCCCCCCCCC/C=C\CCCCCCCCCCCCCCCCCCCC(=O)NC(CO)C(O)CCCCCCCCCCC. The van der Waals surface area contributed by atoms with Crippen molar-refractivity contribution in [3.8, 4) is 0 Å². The third-order valence-corrected chi connectivity index (χ3v) is 16.2. The molecule has 0 radical (unpaired) electrons. The maximum absolute atomic E-state index is 12.4. The highest BCUT2D eigenvalue weighted by Crippen LogP contribution is 2.19. The van der Waals surface area contributed by atoms with Crippen LogP contribution in [0.3, 0.4) is 0 Å². The van der Waals surface area contributed by atoms with E-state index in [1.165, 1.54) is 308 Å². The van der Waals surface area contributed by atoms with Gasteiger partial charge in [0.1, 0.15) is 0 Å². The van der Waals surface area contributed by atoms with E-state index < -0.39 is 12.1 Å². The van der Waals surface area contributed by atoms with Crippen molar-refractivity contribution >= 4 is 11.9 Å². The molecule has 1 amide bonds. The second-order valence-corrected chi connectivity index (χ2v) is 23.9. The largest absolute Gasteiger partial charge is 0.466 e. The Bertz CT molecular complexity index is 1190. The van der Waals surface area contributed by atoms with E-state index in [1.54, 1.807) is 0 Å². The van der Waals surface area contributed by atoms with Crippen LogP contribution in [0.15, 0.2) is 24.3 Å². The zero-order valence-corrected chi connectivity index (χ0v) is 51.5. The van der Waals surface area contributed by atoms with Gasteiger partial charge in [-0.15, -0.1) is 0 Å². The van der Waals surface area contributed by atoms with E-state index >= 15 is 0 Å². The first kappa shape index (κ1) is 74.3. The van der Waals surface area contributed by atoms with Crippen molar-refractivity contribution in [1.82, 2.24) is 5.32 Å². The van der Waals surface area contributed by atoms with Crippen molar-refractivity contribution < 1.29 is 24.5 Å². The van der Waals surface area contributed by atoms with Crippen molar-refractivity contribution in [1.29, 1.82) is 0 Å². The van der Waals surface area contributed by atoms with Gasteiger partial charge in [0.15, 0.2) is 0 Å². The van der Waals surface area contributed by atoms with Crippen molar-refractivity contribution in [3.05, 3.63) is 24.3 Å². The van der Waals surface area contributed by atoms with Crippen molar-refractivity contribution in [3.63, 3.8) is 0 Å².